The lowest BCUT2D eigenvalue weighted by atomic mass is 9.80. The number of carbonyl (C=O) groups excluding carboxylic acids is 1. The van der Waals surface area contributed by atoms with Gasteiger partial charge in [0.15, 0.2) is 0 Å². The topological polar surface area (TPSA) is 48.0 Å². The zero-order valence-corrected chi connectivity index (χ0v) is 19.3. The molecule has 2 N–H and O–H groups in total. The number of fused-ring (bicyclic) bond motifs is 1. The second-order valence-corrected chi connectivity index (χ2v) is 10.4. The molecule has 5 rings (SSSR count). The van der Waals surface area contributed by atoms with Crippen LogP contribution in [0.5, 0.6) is 0 Å². The molecule has 3 heteroatoms. The first-order chi connectivity index (χ1) is 15.6. The minimum Gasteiger partial charge on any atom is -0.347 e. The van der Waals surface area contributed by atoms with E-state index in [4.69, 9.17) is 5.73 Å². The number of hydrogen-bond acceptors (Lipinski definition) is 2. The molecule has 168 valence electrons. The molecule has 1 unspecified atom stereocenters. The second kappa shape index (κ2) is 9.23. The van der Waals surface area contributed by atoms with Gasteiger partial charge in [-0.3, -0.25) is 4.79 Å². The van der Waals surface area contributed by atoms with Crippen LogP contribution in [0.15, 0.2) is 54.7 Å². The highest BCUT2D eigenvalue weighted by atomic mass is 16.1. The molecule has 2 aliphatic rings. The van der Waals surface area contributed by atoms with Gasteiger partial charge in [-0.2, -0.15) is 0 Å². The average molecular weight is 429 g/mol. The maximum Gasteiger partial charge on any atom is 0.134 e. The van der Waals surface area contributed by atoms with Gasteiger partial charge in [0, 0.05) is 48.4 Å². The number of carbonyl (C=O) groups is 1. The van der Waals surface area contributed by atoms with Gasteiger partial charge in [-0.25, -0.2) is 0 Å². The Bertz CT molecular complexity index is 1090. The van der Waals surface area contributed by atoms with Crippen molar-refractivity contribution in [3.8, 4) is 0 Å². The van der Waals surface area contributed by atoms with Crippen LogP contribution in [-0.4, -0.2) is 16.4 Å². The van der Waals surface area contributed by atoms with Crippen molar-refractivity contribution in [1.29, 1.82) is 0 Å². The Labute approximate surface area is 192 Å². The molecule has 3 nitrogen and oxygen atoms in total. The number of para-hydroxylation sites is 1. The summed E-state index contributed by atoms with van der Waals surface area (Å²) in [6, 6.07) is 17.8. The molecule has 2 aliphatic carbocycles. The SMILES string of the molecule is Cc1cccc(C(CC(=O)CC2CCC(N)CC2)c2cn(CC3CC3)c3ccccc23)c1. The standard InChI is InChI=1S/C29H36N2O/c1-20-5-4-6-23(15-20)27(17-25(32)16-21-11-13-24(30)14-12-21)28-19-31(18-22-9-10-22)29-8-3-2-7-26(28)29/h2-8,15,19,21-22,24,27H,9-14,16-18,30H2,1H3. The zero-order valence-electron chi connectivity index (χ0n) is 19.3. The molecular weight excluding hydrogens is 392 g/mol. The van der Waals surface area contributed by atoms with E-state index in [1.54, 1.807) is 0 Å². The number of nitrogens with two attached hydrogens (primary N) is 1. The number of rotatable bonds is 8. The summed E-state index contributed by atoms with van der Waals surface area (Å²) in [5, 5.41) is 1.30. The quantitative estimate of drug-likeness (QED) is 0.454. The molecule has 0 aliphatic heterocycles. The van der Waals surface area contributed by atoms with E-state index in [-0.39, 0.29) is 5.92 Å². The summed E-state index contributed by atoms with van der Waals surface area (Å²) in [4.78, 5) is 13.3. The van der Waals surface area contributed by atoms with Gasteiger partial charge >= 0.3 is 0 Å². The van der Waals surface area contributed by atoms with Crippen molar-refractivity contribution in [2.45, 2.75) is 76.8 Å². The molecule has 2 aromatic carbocycles. The average Bonchev–Trinajstić information content (AvgIpc) is 3.54. The van der Waals surface area contributed by atoms with Gasteiger partial charge in [0.1, 0.15) is 5.78 Å². The summed E-state index contributed by atoms with van der Waals surface area (Å²) in [5.74, 6) is 1.83. The maximum absolute atomic E-state index is 13.3. The predicted molar refractivity (Wildman–Crippen MR) is 132 cm³/mol. The van der Waals surface area contributed by atoms with Crippen LogP contribution in [0.25, 0.3) is 10.9 Å². The highest BCUT2D eigenvalue weighted by Crippen LogP contribution is 2.38. The Morgan fingerprint density at radius 2 is 1.75 bits per heavy atom. The third-order valence-corrected chi connectivity index (χ3v) is 7.63. The lowest BCUT2D eigenvalue weighted by molar-refractivity contribution is -0.120. The van der Waals surface area contributed by atoms with E-state index in [0.717, 1.165) is 38.1 Å². The van der Waals surface area contributed by atoms with E-state index in [0.29, 0.717) is 30.6 Å². The fourth-order valence-corrected chi connectivity index (χ4v) is 5.60. The van der Waals surface area contributed by atoms with Crippen molar-refractivity contribution in [2.75, 3.05) is 0 Å². The van der Waals surface area contributed by atoms with E-state index in [1.807, 2.05) is 0 Å². The van der Waals surface area contributed by atoms with Crippen LogP contribution in [0.4, 0.5) is 0 Å². The smallest absolute Gasteiger partial charge is 0.134 e. The summed E-state index contributed by atoms with van der Waals surface area (Å²) in [7, 11) is 0. The molecule has 0 saturated heterocycles. The van der Waals surface area contributed by atoms with Crippen LogP contribution >= 0.6 is 0 Å². The van der Waals surface area contributed by atoms with Gasteiger partial charge in [-0.05, 0) is 74.5 Å². The Morgan fingerprint density at radius 3 is 2.50 bits per heavy atom. The van der Waals surface area contributed by atoms with Crippen LogP contribution in [0, 0.1) is 18.8 Å². The molecular formula is C29H36N2O. The largest absolute Gasteiger partial charge is 0.347 e. The molecule has 1 atom stereocenters. The molecule has 1 heterocycles. The normalized spacial score (nSPS) is 22.2. The van der Waals surface area contributed by atoms with Crippen LogP contribution in [0.2, 0.25) is 0 Å². The highest BCUT2D eigenvalue weighted by molar-refractivity contribution is 5.87. The summed E-state index contributed by atoms with van der Waals surface area (Å²) >= 11 is 0. The Kier molecular flexibility index (Phi) is 6.19. The minimum absolute atomic E-state index is 0.110. The number of nitrogens with zero attached hydrogens (tertiary/aromatic N) is 1. The molecule has 0 radical (unpaired) electrons. The van der Waals surface area contributed by atoms with Gasteiger partial charge in [0.2, 0.25) is 0 Å². The predicted octanol–water partition coefficient (Wildman–Crippen LogP) is 6.36. The van der Waals surface area contributed by atoms with Crippen molar-refractivity contribution in [3.05, 3.63) is 71.4 Å². The molecule has 0 spiro atoms. The first kappa shape index (κ1) is 21.5. The lowest BCUT2D eigenvalue weighted by Gasteiger charge is -2.26. The first-order valence-corrected chi connectivity index (χ1v) is 12.5. The van der Waals surface area contributed by atoms with E-state index in [9.17, 15) is 4.79 Å². The summed E-state index contributed by atoms with van der Waals surface area (Å²) < 4.78 is 2.44. The molecule has 1 aromatic heterocycles. The summed E-state index contributed by atoms with van der Waals surface area (Å²) in [6.07, 6.45) is 10.6. The van der Waals surface area contributed by atoms with Crippen molar-refractivity contribution in [2.24, 2.45) is 17.6 Å². The van der Waals surface area contributed by atoms with Gasteiger partial charge in [-0.15, -0.1) is 0 Å². The summed E-state index contributed by atoms with van der Waals surface area (Å²) in [5.41, 5.74) is 11.2. The van der Waals surface area contributed by atoms with E-state index >= 15 is 0 Å². The van der Waals surface area contributed by atoms with Crippen molar-refractivity contribution in [3.63, 3.8) is 0 Å². The van der Waals surface area contributed by atoms with Crippen molar-refractivity contribution in [1.82, 2.24) is 4.57 Å². The molecule has 32 heavy (non-hydrogen) atoms. The van der Waals surface area contributed by atoms with Crippen molar-refractivity contribution >= 4 is 16.7 Å². The Hall–Kier alpha value is -2.39. The highest BCUT2D eigenvalue weighted by Gasteiger charge is 2.27. The number of ketones is 1. The van der Waals surface area contributed by atoms with Gasteiger partial charge in [0.05, 0.1) is 0 Å². The molecule has 2 saturated carbocycles. The van der Waals surface area contributed by atoms with E-state index < -0.39 is 0 Å². The minimum atomic E-state index is 0.110. The van der Waals surface area contributed by atoms with Crippen molar-refractivity contribution < 1.29 is 4.79 Å². The zero-order chi connectivity index (χ0) is 22.1. The van der Waals surface area contributed by atoms with Gasteiger partial charge < -0.3 is 10.3 Å². The monoisotopic (exact) mass is 428 g/mol. The number of benzene rings is 2. The van der Waals surface area contributed by atoms with E-state index in [1.165, 1.54) is 40.4 Å². The number of aryl methyl sites for hydroxylation is 1. The molecule has 3 aromatic rings. The Balaban J connectivity index is 1.46. The van der Waals surface area contributed by atoms with Crippen LogP contribution in [0.3, 0.4) is 0 Å². The number of aromatic nitrogens is 1. The van der Waals surface area contributed by atoms with Crippen LogP contribution in [0.1, 0.15) is 74.0 Å². The molecule has 0 amide bonds. The molecule has 2 fully saturated rings. The fraction of sp³-hybridized carbons (Fsp3) is 0.483. The molecule has 0 bridgehead atoms. The third kappa shape index (κ3) is 4.83. The maximum atomic E-state index is 13.3. The summed E-state index contributed by atoms with van der Waals surface area (Å²) in [6.45, 7) is 3.24. The van der Waals surface area contributed by atoms with Gasteiger partial charge in [-0.1, -0.05) is 48.0 Å². The number of hydrogen-bond donors (Lipinski definition) is 1. The Morgan fingerprint density at radius 1 is 1.00 bits per heavy atom. The van der Waals surface area contributed by atoms with Crippen LogP contribution < -0.4 is 5.73 Å². The van der Waals surface area contributed by atoms with E-state index in [2.05, 4.69) is 66.2 Å². The fourth-order valence-electron chi connectivity index (χ4n) is 5.60. The second-order valence-electron chi connectivity index (χ2n) is 10.4. The number of Topliss-reactive ketones (excluding diaryl/α,β-unsaturated/α-hetero) is 1. The van der Waals surface area contributed by atoms with Gasteiger partial charge in [0.25, 0.3) is 0 Å². The lowest BCUT2D eigenvalue weighted by Crippen LogP contribution is -2.27. The van der Waals surface area contributed by atoms with Crippen LogP contribution in [-0.2, 0) is 11.3 Å². The first-order valence-electron chi connectivity index (χ1n) is 12.5. The third-order valence-electron chi connectivity index (χ3n) is 7.63.